The van der Waals surface area contributed by atoms with Crippen molar-refractivity contribution in [3.8, 4) is 22.9 Å². The third-order valence-electron chi connectivity index (χ3n) is 8.79. The summed E-state index contributed by atoms with van der Waals surface area (Å²) in [6.45, 7) is 9.85. The SMILES string of the molecule is COc1cc(C(=O)C(C)C)ccc1N[N+](=O)[C@@H]1C[C@@H](CC(C)(C)C)[C@]2(C#N)c3c(ccc(Cl)c3F)-c3c(Cl)cccc3[C@@H]12. The molecule has 0 heterocycles. The largest absolute Gasteiger partial charge is 0.494 e. The number of benzene rings is 3. The number of carbonyl (C=O) groups excluding carboxylic acids is 1. The monoisotopic (exact) mass is 622 g/mol. The van der Waals surface area contributed by atoms with Gasteiger partial charge < -0.3 is 4.74 Å². The first kappa shape index (κ1) is 31.0. The number of hydrogen-bond donors (Lipinski definition) is 1. The molecular formula is C34H35Cl2FN3O3+. The van der Waals surface area contributed by atoms with Gasteiger partial charge in [-0.1, -0.05) is 76.0 Å². The number of fused-ring (bicyclic) bond motifs is 6. The molecular weight excluding hydrogens is 588 g/mol. The van der Waals surface area contributed by atoms with Crippen LogP contribution in [0.15, 0.2) is 48.5 Å². The van der Waals surface area contributed by atoms with Crippen LogP contribution in [0.5, 0.6) is 5.75 Å². The van der Waals surface area contributed by atoms with Crippen molar-refractivity contribution in [2.45, 2.75) is 64.8 Å². The minimum Gasteiger partial charge on any atom is -0.494 e. The topological polar surface area (TPSA) is 82.2 Å². The van der Waals surface area contributed by atoms with Crippen LogP contribution in [0.3, 0.4) is 0 Å². The van der Waals surface area contributed by atoms with Gasteiger partial charge in [-0.25, -0.2) is 4.39 Å². The Labute approximate surface area is 261 Å². The van der Waals surface area contributed by atoms with Gasteiger partial charge >= 0.3 is 0 Å². The van der Waals surface area contributed by atoms with Gasteiger partial charge in [0, 0.05) is 34.1 Å². The lowest BCUT2D eigenvalue weighted by Crippen LogP contribution is -2.43. The standard InChI is InChI=1S/C34H34Cl2FN3O3/c1-18(2)32(41)19-10-13-25(27(14-19)43-6)39-40(42)26-15-20(16-33(3,4)5)34(17-38)29(26)21-8-7-9-23(35)28(21)22-11-12-24(36)31(37)30(22)34/h7-14,18,20,26,29H,15-16H2,1-6H3/p+1/t20-,26+,29-,34-/m0/s1. The van der Waals surface area contributed by atoms with Crippen molar-refractivity contribution in [2.24, 2.45) is 17.3 Å². The zero-order chi connectivity index (χ0) is 31.4. The average molecular weight is 624 g/mol. The Hall–Kier alpha value is -3.47. The summed E-state index contributed by atoms with van der Waals surface area (Å²) in [5.74, 6) is -1.67. The van der Waals surface area contributed by atoms with Crippen molar-refractivity contribution < 1.29 is 18.8 Å². The van der Waals surface area contributed by atoms with Crippen LogP contribution >= 0.6 is 23.2 Å². The molecule has 43 heavy (non-hydrogen) atoms. The minimum atomic E-state index is -1.39. The third-order valence-corrected chi connectivity index (χ3v) is 9.40. The van der Waals surface area contributed by atoms with Gasteiger partial charge in [-0.05, 0) is 59.2 Å². The Balaban J connectivity index is 1.68. The minimum absolute atomic E-state index is 0.0431. The highest BCUT2D eigenvalue weighted by Gasteiger charge is 2.67. The Bertz CT molecular complexity index is 1680. The molecule has 6 nitrogen and oxygen atoms in total. The van der Waals surface area contributed by atoms with E-state index in [1.54, 1.807) is 36.4 Å². The van der Waals surface area contributed by atoms with Crippen LogP contribution < -0.4 is 10.2 Å². The molecule has 0 aliphatic heterocycles. The number of methoxy groups -OCH3 is 1. The molecule has 2 aliphatic rings. The molecule has 0 saturated heterocycles. The summed E-state index contributed by atoms with van der Waals surface area (Å²) in [6, 6.07) is 15.3. The van der Waals surface area contributed by atoms with Gasteiger partial charge in [-0.2, -0.15) is 5.26 Å². The second-order valence-corrected chi connectivity index (χ2v) is 13.9. The van der Waals surface area contributed by atoms with Crippen molar-refractivity contribution in [1.82, 2.24) is 0 Å². The molecule has 4 atom stereocenters. The number of hydrazine groups is 1. The van der Waals surface area contributed by atoms with Crippen LogP contribution in [0, 0.1) is 39.3 Å². The lowest BCUT2D eigenvalue weighted by atomic mass is 9.58. The molecule has 0 amide bonds. The first-order chi connectivity index (χ1) is 20.2. The fraction of sp³-hybridized carbons (Fsp3) is 0.412. The van der Waals surface area contributed by atoms with E-state index in [0.717, 1.165) is 10.4 Å². The number of carbonyl (C=O) groups is 1. The van der Waals surface area contributed by atoms with Crippen molar-refractivity contribution in [3.63, 3.8) is 0 Å². The van der Waals surface area contributed by atoms with Crippen molar-refractivity contribution >= 4 is 34.7 Å². The van der Waals surface area contributed by atoms with Gasteiger partial charge in [0.25, 0.3) is 0 Å². The van der Waals surface area contributed by atoms with E-state index in [2.05, 4.69) is 32.3 Å². The maximum absolute atomic E-state index is 16.2. The van der Waals surface area contributed by atoms with Crippen LogP contribution in [0.1, 0.15) is 74.9 Å². The number of nitrogens with one attached hydrogen (secondary N) is 1. The number of anilines is 1. The molecule has 1 N–H and O–H groups in total. The maximum Gasteiger partial charge on any atom is 0.243 e. The molecule has 224 valence electrons. The summed E-state index contributed by atoms with van der Waals surface area (Å²) in [5, 5.41) is 11.4. The molecule has 3 aromatic carbocycles. The van der Waals surface area contributed by atoms with Gasteiger partial charge in [0.05, 0.1) is 29.0 Å². The number of nitrogens with zero attached hydrogens (tertiary/aromatic N) is 2. The van der Waals surface area contributed by atoms with Gasteiger partial charge in [-0.15, -0.1) is 5.43 Å². The van der Waals surface area contributed by atoms with E-state index in [1.165, 1.54) is 13.2 Å². The zero-order valence-electron chi connectivity index (χ0n) is 25.1. The molecule has 3 aromatic rings. The van der Waals surface area contributed by atoms with Crippen LogP contribution in [-0.4, -0.2) is 23.8 Å². The van der Waals surface area contributed by atoms with Gasteiger partial charge in [-0.3, -0.25) is 4.79 Å². The van der Waals surface area contributed by atoms with E-state index >= 15 is 4.39 Å². The highest BCUT2D eigenvalue weighted by molar-refractivity contribution is 6.34. The molecule has 0 spiro atoms. The molecule has 5 rings (SSSR count). The number of nitriles is 1. The van der Waals surface area contributed by atoms with Crippen molar-refractivity contribution in [2.75, 3.05) is 12.5 Å². The summed E-state index contributed by atoms with van der Waals surface area (Å²) in [7, 11) is 1.47. The Kier molecular flexibility index (Phi) is 8.09. The third kappa shape index (κ3) is 5.09. The Morgan fingerprint density at radius 2 is 1.91 bits per heavy atom. The second-order valence-electron chi connectivity index (χ2n) is 13.1. The molecule has 0 aromatic heterocycles. The predicted molar refractivity (Wildman–Crippen MR) is 167 cm³/mol. The molecule has 0 unspecified atom stereocenters. The molecule has 0 radical (unpaired) electrons. The van der Waals surface area contributed by atoms with Gasteiger partial charge in [0.15, 0.2) is 5.78 Å². The lowest BCUT2D eigenvalue weighted by Gasteiger charge is -2.42. The number of rotatable bonds is 7. The number of ether oxygens (including phenoxy) is 1. The van der Waals surface area contributed by atoms with E-state index in [-0.39, 0.29) is 33.6 Å². The highest BCUT2D eigenvalue weighted by atomic mass is 35.5. The van der Waals surface area contributed by atoms with Crippen molar-refractivity contribution in [1.29, 1.82) is 5.26 Å². The summed E-state index contributed by atoms with van der Waals surface area (Å²) >= 11 is 13.1. The second kappa shape index (κ2) is 11.2. The molecule has 1 fully saturated rings. The molecule has 9 heteroatoms. The van der Waals surface area contributed by atoms with E-state index in [9.17, 15) is 15.0 Å². The number of ketones is 1. The van der Waals surface area contributed by atoms with E-state index in [4.69, 9.17) is 27.9 Å². The van der Waals surface area contributed by atoms with Crippen molar-refractivity contribution in [3.05, 3.63) is 86.0 Å². The highest BCUT2D eigenvalue weighted by Crippen LogP contribution is 2.64. The molecule has 0 bridgehead atoms. The quantitative estimate of drug-likeness (QED) is 0.161. The first-order valence-corrected chi connectivity index (χ1v) is 15.1. The number of nitroso groups, excluding NO2 is 1. The van der Waals surface area contributed by atoms with Crippen LogP contribution in [-0.2, 0) is 5.41 Å². The molecule has 1 saturated carbocycles. The average Bonchev–Trinajstić information content (AvgIpc) is 3.28. The summed E-state index contributed by atoms with van der Waals surface area (Å²) in [4.78, 5) is 27.6. The van der Waals surface area contributed by atoms with E-state index < -0.39 is 23.2 Å². The number of Topliss-reactive ketones (excluding diaryl/α,β-unsaturated/α-hetero) is 1. The normalized spacial score (nSPS) is 22.3. The number of hydrogen-bond acceptors (Lipinski definition) is 4. The maximum atomic E-state index is 16.2. The smallest absolute Gasteiger partial charge is 0.243 e. The van der Waals surface area contributed by atoms with E-state index in [1.807, 2.05) is 19.9 Å². The fourth-order valence-electron chi connectivity index (χ4n) is 7.13. The summed E-state index contributed by atoms with van der Waals surface area (Å²) in [5.41, 5.74) is 4.22. The van der Waals surface area contributed by atoms with Gasteiger partial charge in [0.2, 0.25) is 6.04 Å². The number of halogens is 3. The molecule has 2 aliphatic carbocycles. The zero-order valence-corrected chi connectivity index (χ0v) is 26.6. The lowest BCUT2D eigenvalue weighted by molar-refractivity contribution is -0.560. The van der Waals surface area contributed by atoms with Crippen LogP contribution in [0.25, 0.3) is 11.1 Å². The summed E-state index contributed by atoms with van der Waals surface area (Å²) < 4.78 is 21.8. The predicted octanol–water partition coefficient (Wildman–Crippen LogP) is 9.14. The van der Waals surface area contributed by atoms with Gasteiger partial charge in [0.1, 0.15) is 27.5 Å². The summed E-state index contributed by atoms with van der Waals surface area (Å²) in [6.07, 6.45) is 0.883. The fourth-order valence-corrected chi connectivity index (χ4v) is 7.57. The van der Waals surface area contributed by atoms with Crippen LogP contribution in [0.4, 0.5) is 10.1 Å². The van der Waals surface area contributed by atoms with Crippen LogP contribution in [0.2, 0.25) is 10.0 Å². The Morgan fingerprint density at radius 3 is 2.53 bits per heavy atom. The van der Waals surface area contributed by atoms with E-state index in [0.29, 0.717) is 46.0 Å². The first-order valence-electron chi connectivity index (χ1n) is 14.4. The Morgan fingerprint density at radius 1 is 1.19 bits per heavy atom.